The number of hydrogen-bond donors (Lipinski definition) is 0. The van der Waals surface area contributed by atoms with Crippen molar-refractivity contribution in [2.45, 2.75) is 13.8 Å². The molecule has 0 N–H and O–H groups in total. The summed E-state index contributed by atoms with van der Waals surface area (Å²) < 4.78 is 5.29. The van der Waals surface area contributed by atoms with Crippen molar-refractivity contribution in [2.24, 2.45) is 0 Å². The van der Waals surface area contributed by atoms with E-state index in [9.17, 15) is 10.1 Å². The lowest BCUT2D eigenvalue weighted by Gasteiger charge is -2.23. The molecule has 1 rings (SSSR count). The first-order chi connectivity index (χ1) is 9.13. The molecular formula is C13H17N3O3. The molecule has 0 aliphatic rings. The minimum atomic E-state index is -0.543. The highest BCUT2D eigenvalue weighted by Crippen LogP contribution is 2.24. The molecule has 0 amide bonds. The number of likely N-dealkylation sites (N-methyl/N-ethyl adjacent to an activating group) is 1. The molecule has 0 bridgehead atoms. The molecule has 0 radical (unpaired) electrons. The Balaban J connectivity index is 2.93. The molecule has 0 unspecified atom stereocenters. The molecule has 0 heterocycles. The van der Waals surface area contributed by atoms with Crippen LogP contribution in [0.4, 0.5) is 11.4 Å². The molecule has 0 atom stereocenters. The third-order valence-corrected chi connectivity index (χ3v) is 2.75. The Bertz CT molecular complexity index is 483. The van der Waals surface area contributed by atoms with Crippen LogP contribution >= 0.6 is 0 Å². The monoisotopic (exact) mass is 263 g/mol. The molecule has 0 saturated heterocycles. The zero-order valence-corrected chi connectivity index (χ0v) is 11.1. The van der Waals surface area contributed by atoms with Crippen LogP contribution in [0.3, 0.4) is 0 Å². The predicted octanol–water partition coefficient (Wildman–Crippen LogP) is 2.33. The second-order valence-electron chi connectivity index (χ2n) is 3.85. The standard InChI is InChI=1S/C13H17N3O3/c1-3-15(7-8-19-4-2)12-5-6-13(16(17)18)11(9-12)10-14/h5-6,9H,3-4,7-8H2,1-2H3. The van der Waals surface area contributed by atoms with Crippen LogP contribution in [-0.2, 0) is 4.74 Å². The van der Waals surface area contributed by atoms with Crippen LogP contribution < -0.4 is 4.90 Å². The molecule has 0 aromatic heterocycles. The Hall–Kier alpha value is -2.13. The van der Waals surface area contributed by atoms with E-state index >= 15 is 0 Å². The van der Waals surface area contributed by atoms with E-state index in [1.807, 2.05) is 24.8 Å². The lowest BCUT2D eigenvalue weighted by atomic mass is 10.1. The minimum absolute atomic E-state index is 0.0809. The zero-order valence-electron chi connectivity index (χ0n) is 11.1. The van der Waals surface area contributed by atoms with Crippen LogP contribution in [0.2, 0.25) is 0 Å². The Kier molecular flexibility index (Phi) is 5.76. The summed E-state index contributed by atoms with van der Waals surface area (Å²) in [6, 6.07) is 6.45. The Labute approximate surface area is 112 Å². The van der Waals surface area contributed by atoms with Gasteiger partial charge in [-0.25, -0.2) is 0 Å². The Morgan fingerprint density at radius 3 is 2.74 bits per heavy atom. The van der Waals surface area contributed by atoms with E-state index in [0.717, 1.165) is 12.2 Å². The van der Waals surface area contributed by atoms with E-state index in [0.29, 0.717) is 19.8 Å². The maximum atomic E-state index is 10.8. The molecule has 6 heteroatoms. The molecule has 6 nitrogen and oxygen atoms in total. The van der Waals surface area contributed by atoms with Crippen LogP contribution in [0, 0.1) is 21.4 Å². The number of nitro groups is 1. The molecule has 19 heavy (non-hydrogen) atoms. The van der Waals surface area contributed by atoms with Crippen molar-refractivity contribution in [1.29, 1.82) is 5.26 Å². The summed E-state index contributed by atoms with van der Waals surface area (Å²) >= 11 is 0. The predicted molar refractivity (Wildman–Crippen MR) is 72.2 cm³/mol. The second kappa shape index (κ2) is 7.34. The summed E-state index contributed by atoms with van der Waals surface area (Å²) in [6.45, 7) is 6.59. The summed E-state index contributed by atoms with van der Waals surface area (Å²) in [6.07, 6.45) is 0. The van der Waals surface area contributed by atoms with Gasteiger partial charge in [-0.3, -0.25) is 10.1 Å². The van der Waals surface area contributed by atoms with Gasteiger partial charge in [0.05, 0.1) is 11.5 Å². The summed E-state index contributed by atoms with van der Waals surface area (Å²) in [5.41, 5.74) is 0.717. The fourth-order valence-electron chi connectivity index (χ4n) is 1.76. The van der Waals surface area contributed by atoms with Gasteiger partial charge in [0.25, 0.3) is 5.69 Å². The van der Waals surface area contributed by atoms with E-state index in [4.69, 9.17) is 10.00 Å². The van der Waals surface area contributed by atoms with Crippen molar-refractivity contribution < 1.29 is 9.66 Å². The number of hydrogen-bond acceptors (Lipinski definition) is 5. The van der Waals surface area contributed by atoms with E-state index in [1.54, 1.807) is 12.1 Å². The molecule has 0 aliphatic carbocycles. The number of benzene rings is 1. The van der Waals surface area contributed by atoms with Crippen LogP contribution in [0.25, 0.3) is 0 Å². The highest BCUT2D eigenvalue weighted by Gasteiger charge is 2.15. The number of rotatable bonds is 7. The van der Waals surface area contributed by atoms with Gasteiger partial charge >= 0.3 is 0 Å². The number of anilines is 1. The topological polar surface area (TPSA) is 79.4 Å². The van der Waals surface area contributed by atoms with Crippen LogP contribution in [0.15, 0.2) is 18.2 Å². The number of nitriles is 1. The molecule has 1 aromatic carbocycles. The number of nitro benzene ring substituents is 1. The molecule has 1 aromatic rings. The van der Waals surface area contributed by atoms with Crippen LogP contribution in [0.1, 0.15) is 19.4 Å². The lowest BCUT2D eigenvalue weighted by Crippen LogP contribution is -2.27. The first-order valence-electron chi connectivity index (χ1n) is 6.15. The smallest absolute Gasteiger partial charge is 0.287 e. The summed E-state index contributed by atoms with van der Waals surface area (Å²) in [5.74, 6) is 0. The molecule has 0 fully saturated rings. The first-order valence-corrected chi connectivity index (χ1v) is 6.15. The molecule has 0 saturated carbocycles. The fourth-order valence-corrected chi connectivity index (χ4v) is 1.76. The third kappa shape index (κ3) is 3.93. The average Bonchev–Trinajstić information content (AvgIpc) is 2.43. The van der Waals surface area contributed by atoms with Gasteiger partial charge in [0.2, 0.25) is 0 Å². The quantitative estimate of drug-likeness (QED) is 0.428. The van der Waals surface area contributed by atoms with E-state index in [2.05, 4.69) is 0 Å². The van der Waals surface area contributed by atoms with Crippen molar-refractivity contribution >= 4 is 11.4 Å². The normalized spacial score (nSPS) is 9.95. The zero-order chi connectivity index (χ0) is 14.3. The van der Waals surface area contributed by atoms with Crippen molar-refractivity contribution in [2.75, 3.05) is 31.2 Å². The van der Waals surface area contributed by atoms with E-state index in [-0.39, 0.29) is 11.3 Å². The van der Waals surface area contributed by atoms with Gasteiger partial charge < -0.3 is 9.64 Å². The highest BCUT2D eigenvalue weighted by molar-refractivity contribution is 5.59. The molecular weight excluding hydrogens is 246 g/mol. The van der Waals surface area contributed by atoms with Gasteiger partial charge in [-0.1, -0.05) is 0 Å². The highest BCUT2D eigenvalue weighted by atomic mass is 16.6. The van der Waals surface area contributed by atoms with E-state index < -0.39 is 4.92 Å². The summed E-state index contributed by atoms with van der Waals surface area (Å²) in [5, 5.41) is 19.7. The average molecular weight is 263 g/mol. The third-order valence-electron chi connectivity index (χ3n) is 2.75. The lowest BCUT2D eigenvalue weighted by molar-refractivity contribution is -0.385. The van der Waals surface area contributed by atoms with Gasteiger partial charge in [-0.15, -0.1) is 0 Å². The molecule has 102 valence electrons. The van der Waals surface area contributed by atoms with Crippen molar-refractivity contribution in [3.8, 4) is 6.07 Å². The summed E-state index contributed by atoms with van der Waals surface area (Å²) in [7, 11) is 0. The molecule has 0 aliphatic heterocycles. The van der Waals surface area contributed by atoms with Gasteiger partial charge in [0.1, 0.15) is 11.6 Å². The largest absolute Gasteiger partial charge is 0.380 e. The summed E-state index contributed by atoms with van der Waals surface area (Å²) in [4.78, 5) is 12.2. The van der Waals surface area contributed by atoms with Crippen molar-refractivity contribution in [3.05, 3.63) is 33.9 Å². The van der Waals surface area contributed by atoms with E-state index in [1.165, 1.54) is 6.07 Å². The fraction of sp³-hybridized carbons (Fsp3) is 0.462. The van der Waals surface area contributed by atoms with Crippen LogP contribution in [-0.4, -0.2) is 31.2 Å². The van der Waals surface area contributed by atoms with Gasteiger partial charge in [-0.2, -0.15) is 5.26 Å². The maximum absolute atomic E-state index is 10.8. The number of nitrogens with zero attached hydrogens (tertiary/aromatic N) is 3. The van der Waals surface area contributed by atoms with Crippen LogP contribution in [0.5, 0.6) is 0 Å². The SMILES string of the molecule is CCOCCN(CC)c1ccc([N+](=O)[O-])c(C#N)c1. The van der Waals surface area contributed by atoms with Gasteiger partial charge in [0.15, 0.2) is 0 Å². The van der Waals surface area contributed by atoms with Crippen molar-refractivity contribution in [3.63, 3.8) is 0 Å². The second-order valence-corrected chi connectivity index (χ2v) is 3.85. The van der Waals surface area contributed by atoms with Gasteiger partial charge in [-0.05, 0) is 26.0 Å². The number of ether oxygens (including phenoxy) is 1. The van der Waals surface area contributed by atoms with Gasteiger partial charge in [0, 0.05) is 31.5 Å². The maximum Gasteiger partial charge on any atom is 0.287 e. The Morgan fingerprint density at radius 1 is 1.47 bits per heavy atom. The minimum Gasteiger partial charge on any atom is -0.380 e. The molecule has 0 spiro atoms. The first kappa shape index (κ1) is 14.9. The Morgan fingerprint density at radius 2 is 2.21 bits per heavy atom. The van der Waals surface area contributed by atoms with Crippen molar-refractivity contribution in [1.82, 2.24) is 0 Å².